The highest BCUT2D eigenvalue weighted by molar-refractivity contribution is 9.10. The molecule has 0 saturated carbocycles. The van der Waals surface area contributed by atoms with E-state index in [1.165, 1.54) is 4.90 Å². The molecule has 0 bridgehead atoms. The molecule has 16 heavy (non-hydrogen) atoms. The van der Waals surface area contributed by atoms with E-state index in [2.05, 4.69) is 15.9 Å². The molecule has 0 aliphatic rings. The zero-order chi connectivity index (χ0) is 12.1. The van der Waals surface area contributed by atoms with Gasteiger partial charge in [0.25, 0.3) is 0 Å². The smallest absolute Gasteiger partial charge is 0.319 e. The number of hydrogen-bond acceptors (Lipinski definition) is 2. The lowest BCUT2D eigenvalue weighted by molar-refractivity contribution is -0.136. The molecule has 0 aliphatic carbocycles. The second kappa shape index (κ2) is 5.50. The van der Waals surface area contributed by atoms with Crippen LogP contribution in [0.2, 0.25) is 0 Å². The van der Waals surface area contributed by atoms with Gasteiger partial charge in [-0.25, -0.2) is 4.79 Å². The number of carboxylic acids is 1. The maximum absolute atomic E-state index is 11.1. The highest BCUT2D eigenvalue weighted by Gasteiger charge is 2.13. The second-order valence-electron chi connectivity index (χ2n) is 3.11. The fraction of sp³-hybridized carbons (Fsp3) is 0.200. The first-order valence-electron chi connectivity index (χ1n) is 4.55. The summed E-state index contributed by atoms with van der Waals surface area (Å²) in [5.74, 6) is -0.969. The van der Waals surface area contributed by atoms with Crippen molar-refractivity contribution in [3.8, 4) is 0 Å². The van der Waals surface area contributed by atoms with Gasteiger partial charge in [-0.2, -0.15) is 0 Å². The van der Waals surface area contributed by atoms with E-state index in [0.29, 0.717) is 5.69 Å². The molecule has 0 spiro atoms. The van der Waals surface area contributed by atoms with E-state index in [4.69, 9.17) is 10.8 Å². The maximum Gasteiger partial charge on any atom is 0.319 e. The van der Waals surface area contributed by atoms with Crippen molar-refractivity contribution >= 4 is 33.6 Å². The van der Waals surface area contributed by atoms with Gasteiger partial charge >= 0.3 is 12.0 Å². The molecule has 1 rings (SSSR count). The number of nitrogens with two attached hydrogens (primary N) is 1. The van der Waals surface area contributed by atoms with E-state index in [0.717, 1.165) is 4.47 Å². The highest BCUT2D eigenvalue weighted by atomic mass is 79.9. The Morgan fingerprint density at radius 1 is 1.31 bits per heavy atom. The Kier molecular flexibility index (Phi) is 4.30. The lowest BCUT2D eigenvalue weighted by Crippen LogP contribution is -2.37. The van der Waals surface area contributed by atoms with Gasteiger partial charge < -0.3 is 10.8 Å². The molecular formula is C10H11BrN2O3. The number of carbonyl (C=O) groups excluding carboxylic acids is 1. The third-order valence-corrected chi connectivity index (χ3v) is 2.48. The molecule has 2 amide bonds. The quantitative estimate of drug-likeness (QED) is 0.885. The average Bonchev–Trinajstić information content (AvgIpc) is 2.20. The van der Waals surface area contributed by atoms with E-state index in [9.17, 15) is 9.59 Å². The van der Waals surface area contributed by atoms with Crippen LogP contribution < -0.4 is 10.6 Å². The minimum absolute atomic E-state index is 0.0618. The molecule has 5 nitrogen and oxygen atoms in total. The molecule has 0 saturated heterocycles. The number of benzene rings is 1. The second-order valence-corrected chi connectivity index (χ2v) is 4.03. The van der Waals surface area contributed by atoms with Gasteiger partial charge in [-0.05, 0) is 24.3 Å². The van der Waals surface area contributed by atoms with Crippen molar-refractivity contribution in [2.75, 3.05) is 11.4 Å². The Bertz CT molecular complexity index is 392. The molecule has 3 N–H and O–H groups in total. The number of nitrogens with zero attached hydrogens (tertiary/aromatic N) is 1. The molecule has 86 valence electrons. The molecule has 0 fully saturated rings. The minimum Gasteiger partial charge on any atom is -0.481 e. The number of amides is 2. The summed E-state index contributed by atoms with van der Waals surface area (Å²) < 4.78 is 0.874. The monoisotopic (exact) mass is 286 g/mol. The van der Waals surface area contributed by atoms with Crippen molar-refractivity contribution < 1.29 is 14.7 Å². The Hall–Kier alpha value is -1.56. The Morgan fingerprint density at radius 2 is 1.88 bits per heavy atom. The third-order valence-electron chi connectivity index (χ3n) is 1.95. The predicted molar refractivity (Wildman–Crippen MR) is 63.3 cm³/mol. The van der Waals surface area contributed by atoms with Gasteiger partial charge in [0.1, 0.15) is 0 Å². The molecule has 6 heteroatoms. The maximum atomic E-state index is 11.1. The van der Waals surface area contributed by atoms with Crippen molar-refractivity contribution in [1.82, 2.24) is 0 Å². The SMILES string of the molecule is NC(=O)N(CCC(=O)O)c1ccc(Br)cc1. The first kappa shape index (κ1) is 12.5. The van der Waals surface area contributed by atoms with E-state index < -0.39 is 12.0 Å². The fourth-order valence-electron chi connectivity index (χ4n) is 1.20. The van der Waals surface area contributed by atoms with Crippen LogP contribution in [0, 0.1) is 0 Å². The van der Waals surface area contributed by atoms with Gasteiger partial charge in [0.05, 0.1) is 6.42 Å². The van der Waals surface area contributed by atoms with Crippen molar-refractivity contribution in [3.05, 3.63) is 28.7 Å². The minimum atomic E-state index is -0.969. The van der Waals surface area contributed by atoms with E-state index in [1.54, 1.807) is 24.3 Å². The van der Waals surface area contributed by atoms with Crippen molar-refractivity contribution in [3.63, 3.8) is 0 Å². The molecule has 0 heterocycles. The lowest BCUT2D eigenvalue weighted by Gasteiger charge is -2.19. The van der Waals surface area contributed by atoms with Crippen LogP contribution in [0.25, 0.3) is 0 Å². The summed E-state index contributed by atoms with van der Waals surface area (Å²) in [6, 6.07) is 6.23. The number of aliphatic carboxylic acids is 1. The first-order valence-corrected chi connectivity index (χ1v) is 5.34. The number of carboxylic acid groups (broad SMARTS) is 1. The summed E-state index contributed by atoms with van der Waals surface area (Å²) in [6.07, 6.45) is -0.140. The van der Waals surface area contributed by atoms with Crippen molar-refractivity contribution in [2.45, 2.75) is 6.42 Å². The summed E-state index contributed by atoms with van der Waals surface area (Å²) >= 11 is 3.27. The lowest BCUT2D eigenvalue weighted by atomic mass is 10.3. The van der Waals surface area contributed by atoms with Gasteiger partial charge in [0, 0.05) is 16.7 Å². The van der Waals surface area contributed by atoms with Crippen LogP contribution in [0.3, 0.4) is 0 Å². The molecule has 0 unspecified atom stereocenters. The molecular weight excluding hydrogens is 276 g/mol. The van der Waals surface area contributed by atoms with E-state index >= 15 is 0 Å². The Morgan fingerprint density at radius 3 is 2.31 bits per heavy atom. The van der Waals surface area contributed by atoms with Gasteiger partial charge in [0.15, 0.2) is 0 Å². The molecule has 1 aromatic rings. The third kappa shape index (κ3) is 3.54. The van der Waals surface area contributed by atoms with Crippen molar-refractivity contribution in [2.24, 2.45) is 5.73 Å². The fourth-order valence-corrected chi connectivity index (χ4v) is 1.46. The van der Waals surface area contributed by atoms with Crippen LogP contribution in [0.15, 0.2) is 28.7 Å². The normalized spacial score (nSPS) is 9.81. The van der Waals surface area contributed by atoms with Gasteiger partial charge in [-0.1, -0.05) is 15.9 Å². The standard InChI is InChI=1S/C10H11BrN2O3/c11-7-1-3-8(4-2-7)13(10(12)16)6-5-9(14)15/h1-4H,5-6H2,(H2,12,16)(H,14,15). The Balaban J connectivity index is 2.81. The molecule has 0 aliphatic heterocycles. The zero-order valence-electron chi connectivity index (χ0n) is 8.39. The topological polar surface area (TPSA) is 83.6 Å². The highest BCUT2D eigenvalue weighted by Crippen LogP contribution is 2.18. The zero-order valence-corrected chi connectivity index (χ0v) is 9.98. The van der Waals surface area contributed by atoms with Crippen LogP contribution >= 0.6 is 15.9 Å². The summed E-state index contributed by atoms with van der Waals surface area (Å²) in [5.41, 5.74) is 5.76. The summed E-state index contributed by atoms with van der Waals surface area (Å²) in [4.78, 5) is 22.8. The number of urea groups is 1. The van der Waals surface area contributed by atoms with Crippen LogP contribution in [-0.4, -0.2) is 23.7 Å². The Labute approximate surface area is 101 Å². The summed E-state index contributed by atoms with van der Waals surface area (Å²) in [6.45, 7) is 0.0618. The number of primary amides is 1. The average molecular weight is 287 g/mol. The molecule has 1 aromatic carbocycles. The van der Waals surface area contributed by atoms with Crippen LogP contribution in [-0.2, 0) is 4.79 Å². The molecule has 0 atom stereocenters. The van der Waals surface area contributed by atoms with Crippen LogP contribution in [0.5, 0.6) is 0 Å². The number of halogens is 1. The van der Waals surface area contributed by atoms with Crippen LogP contribution in [0.1, 0.15) is 6.42 Å². The number of hydrogen-bond donors (Lipinski definition) is 2. The van der Waals surface area contributed by atoms with Crippen LogP contribution in [0.4, 0.5) is 10.5 Å². The molecule has 0 radical (unpaired) electrons. The first-order chi connectivity index (χ1) is 7.50. The van der Waals surface area contributed by atoms with E-state index in [-0.39, 0.29) is 13.0 Å². The van der Waals surface area contributed by atoms with E-state index in [1.807, 2.05) is 0 Å². The van der Waals surface area contributed by atoms with Gasteiger partial charge in [0.2, 0.25) is 0 Å². The van der Waals surface area contributed by atoms with Crippen molar-refractivity contribution in [1.29, 1.82) is 0 Å². The summed E-state index contributed by atoms with van der Waals surface area (Å²) in [7, 11) is 0. The molecule has 0 aromatic heterocycles. The number of anilines is 1. The largest absolute Gasteiger partial charge is 0.481 e. The van der Waals surface area contributed by atoms with Gasteiger partial charge in [-0.3, -0.25) is 9.69 Å². The number of carbonyl (C=O) groups is 2. The van der Waals surface area contributed by atoms with Gasteiger partial charge in [-0.15, -0.1) is 0 Å². The summed E-state index contributed by atoms with van der Waals surface area (Å²) in [5, 5.41) is 8.55. The predicted octanol–water partition coefficient (Wildman–Crippen LogP) is 1.81. The number of rotatable bonds is 4.